The number of amides is 1. The second-order valence-corrected chi connectivity index (χ2v) is 7.49. The normalized spacial score (nSPS) is 24.0. The molecule has 0 aliphatic carbocycles. The van der Waals surface area contributed by atoms with E-state index in [2.05, 4.69) is 22.0 Å². The Balaban J connectivity index is 1.49. The van der Waals surface area contributed by atoms with Gasteiger partial charge in [-0.25, -0.2) is 8.78 Å². The summed E-state index contributed by atoms with van der Waals surface area (Å²) in [6, 6.07) is 4.04. The lowest BCUT2D eigenvalue weighted by molar-refractivity contribution is -0.127. The number of rotatable bonds is 6. The van der Waals surface area contributed by atoms with E-state index in [1.165, 1.54) is 18.6 Å². The predicted molar refractivity (Wildman–Crippen MR) is 99.2 cm³/mol. The molecule has 26 heavy (non-hydrogen) atoms. The van der Waals surface area contributed by atoms with Crippen molar-refractivity contribution in [3.63, 3.8) is 0 Å². The van der Waals surface area contributed by atoms with Crippen molar-refractivity contribution < 1.29 is 13.6 Å². The summed E-state index contributed by atoms with van der Waals surface area (Å²) in [4.78, 5) is 17.0. The Bertz CT molecular complexity index is 623. The van der Waals surface area contributed by atoms with E-state index in [1.54, 1.807) is 6.07 Å². The minimum Gasteiger partial charge on any atom is -0.371 e. The van der Waals surface area contributed by atoms with Crippen LogP contribution < -0.4 is 10.2 Å². The molecular weight excluding hydrogens is 336 g/mol. The Morgan fingerprint density at radius 1 is 1.19 bits per heavy atom. The third kappa shape index (κ3) is 4.53. The number of anilines is 1. The van der Waals surface area contributed by atoms with Gasteiger partial charge in [0.25, 0.3) is 0 Å². The van der Waals surface area contributed by atoms with E-state index >= 15 is 0 Å². The maximum Gasteiger partial charge on any atom is 0.237 e. The van der Waals surface area contributed by atoms with Crippen LogP contribution in [0, 0.1) is 17.6 Å². The summed E-state index contributed by atoms with van der Waals surface area (Å²) < 4.78 is 26.5. The third-order valence-electron chi connectivity index (χ3n) is 5.55. The van der Waals surface area contributed by atoms with Gasteiger partial charge in [0.1, 0.15) is 0 Å². The van der Waals surface area contributed by atoms with Crippen LogP contribution in [0.25, 0.3) is 0 Å². The van der Waals surface area contributed by atoms with Gasteiger partial charge in [-0.15, -0.1) is 0 Å². The number of nitrogens with zero attached hydrogens (tertiary/aromatic N) is 2. The van der Waals surface area contributed by atoms with Gasteiger partial charge >= 0.3 is 0 Å². The van der Waals surface area contributed by atoms with Crippen molar-refractivity contribution in [2.45, 2.75) is 45.1 Å². The fourth-order valence-electron chi connectivity index (χ4n) is 4.12. The maximum atomic E-state index is 13.4. The van der Waals surface area contributed by atoms with Gasteiger partial charge in [0, 0.05) is 31.4 Å². The van der Waals surface area contributed by atoms with Crippen LogP contribution in [0.1, 0.15) is 39.0 Å². The predicted octanol–water partition coefficient (Wildman–Crippen LogP) is 3.17. The molecule has 2 unspecified atom stereocenters. The fourth-order valence-corrected chi connectivity index (χ4v) is 4.12. The maximum absolute atomic E-state index is 13.4. The Morgan fingerprint density at radius 3 is 2.81 bits per heavy atom. The van der Waals surface area contributed by atoms with Crippen molar-refractivity contribution in [1.82, 2.24) is 10.2 Å². The van der Waals surface area contributed by atoms with Gasteiger partial charge < -0.3 is 10.2 Å². The van der Waals surface area contributed by atoms with Crippen LogP contribution in [0.5, 0.6) is 0 Å². The minimum absolute atomic E-state index is 0.00685. The summed E-state index contributed by atoms with van der Waals surface area (Å²) in [7, 11) is 0. The highest BCUT2D eigenvalue weighted by atomic mass is 19.2. The largest absolute Gasteiger partial charge is 0.371 e. The van der Waals surface area contributed by atoms with Gasteiger partial charge in [-0.05, 0) is 56.8 Å². The van der Waals surface area contributed by atoms with Crippen molar-refractivity contribution >= 4 is 11.6 Å². The number of nitrogens with one attached hydrogen (secondary N) is 1. The van der Waals surface area contributed by atoms with Crippen LogP contribution in [-0.4, -0.2) is 49.6 Å². The zero-order valence-corrected chi connectivity index (χ0v) is 15.5. The first kappa shape index (κ1) is 19.1. The smallest absolute Gasteiger partial charge is 0.237 e. The van der Waals surface area contributed by atoms with Crippen molar-refractivity contribution in [2.75, 3.05) is 37.6 Å². The molecule has 2 fully saturated rings. The third-order valence-corrected chi connectivity index (χ3v) is 5.55. The van der Waals surface area contributed by atoms with Crippen LogP contribution in [0.15, 0.2) is 18.2 Å². The molecule has 0 radical (unpaired) electrons. The molecule has 144 valence electrons. The molecular formula is C20H29F2N3O. The summed E-state index contributed by atoms with van der Waals surface area (Å²) in [6.07, 6.45) is 5.25. The zero-order chi connectivity index (χ0) is 18.5. The van der Waals surface area contributed by atoms with Gasteiger partial charge in [0.15, 0.2) is 11.6 Å². The van der Waals surface area contributed by atoms with Gasteiger partial charge in [-0.1, -0.05) is 13.3 Å². The molecule has 2 heterocycles. The molecule has 0 spiro atoms. The molecule has 2 saturated heterocycles. The number of halogens is 2. The molecule has 4 nitrogen and oxygen atoms in total. The lowest BCUT2D eigenvalue weighted by atomic mass is 10.0. The Morgan fingerprint density at radius 2 is 2.04 bits per heavy atom. The Hall–Kier alpha value is -1.69. The number of likely N-dealkylation sites (tertiary alicyclic amines) is 1. The molecule has 2 aliphatic rings. The van der Waals surface area contributed by atoms with E-state index in [9.17, 15) is 13.6 Å². The number of carbonyl (C=O) groups is 1. The van der Waals surface area contributed by atoms with Gasteiger partial charge in [0.2, 0.25) is 5.91 Å². The second kappa shape index (κ2) is 8.80. The summed E-state index contributed by atoms with van der Waals surface area (Å²) >= 11 is 0. The van der Waals surface area contributed by atoms with E-state index in [4.69, 9.17) is 0 Å². The van der Waals surface area contributed by atoms with E-state index in [0.717, 1.165) is 51.9 Å². The lowest BCUT2D eigenvalue weighted by Gasteiger charge is -2.34. The van der Waals surface area contributed by atoms with E-state index in [1.807, 2.05) is 0 Å². The van der Waals surface area contributed by atoms with Gasteiger partial charge in [-0.2, -0.15) is 0 Å². The van der Waals surface area contributed by atoms with E-state index in [-0.39, 0.29) is 11.9 Å². The van der Waals surface area contributed by atoms with Crippen LogP contribution in [0.2, 0.25) is 0 Å². The van der Waals surface area contributed by atoms with Crippen LogP contribution in [0.3, 0.4) is 0 Å². The van der Waals surface area contributed by atoms with Crippen molar-refractivity contribution in [3.8, 4) is 0 Å². The molecule has 0 saturated carbocycles. The lowest BCUT2D eigenvalue weighted by Crippen LogP contribution is -2.50. The number of benzene rings is 1. The molecule has 2 aliphatic heterocycles. The summed E-state index contributed by atoms with van der Waals surface area (Å²) in [5, 5.41) is 3.13. The SMILES string of the molecule is CCCN1CCCCC1C(=O)NCC1CCN(c2ccc(F)c(F)c2)C1. The fraction of sp³-hybridized carbons (Fsp3) is 0.650. The Labute approximate surface area is 154 Å². The van der Waals surface area contributed by atoms with Crippen LogP contribution in [0.4, 0.5) is 14.5 Å². The molecule has 1 N–H and O–H groups in total. The molecule has 0 aromatic heterocycles. The number of hydrogen-bond donors (Lipinski definition) is 1. The standard InChI is InChI=1S/C20H29F2N3O/c1-2-9-24-10-4-3-5-19(24)20(26)23-13-15-8-11-25(14-15)16-6-7-17(21)18(22)12-16/h6-7,12,15,19H,2-5,8-11,13-14H2,1H3,(H,23,26). The molecule has 6 heteroatoms. The van der Waals surface area contributed by atoms with Crippen molar-refractivity contribution in [3.05, 3.63) is 29.8 Å². The first-order valence-electron chi connectivity index (χ1n) is 9.80. The van der Waals surface area contributed by atoms with E-state index in [0.29, 0.717) is 18.2 Å². The number of piperidine rings is 1. The number of carbonyl (C=O) groups excluding carboxylic acids is 1. The summed E-state index contributed by atoms with van der Waals surface area (Å²) in [5.74, 6) is -1.15. The molecule has 1 aromatic rings. The van der Waals surface area contributed by atoms with Crippen LogP contribution in [-0.2, 0) is 4.79 Å². The summed E-state index contributed by atoms with van der Waals surface area (Å²) in [5.41, 5.74) is 0.708. The zero-order valence-electron chi connectivity index (χ0n) is 15.5. The molecule has 1 aromatic carbocycles. The highest BCUT2D eigenvalue weighted by Gasteiger charge is 2.29. The first-order valence-corrected chi connectivity index (χ1v) is 9.80. The average molecular weight is 365 g/mol. The van der Waals surface area contributed by atoms with Crippen molar-refractivity contribution in [1.29, 1.82) is 0 Å². The van der Waals surface area contributed by atoms with Gasteiger partial charge in [0.05, 0.1) is 6.04 Å². The van der Waals surface area contributed by atoms with E-state index < -0.39 is 11.6 Å². The molecule has 2 atom stereocenters. The van der Waals surface area contributed by atoms with Crippen molar-refractivity contribution in [2.24, 2.45) is 5.92 Å². The monoisotopic (exact) mass is 365 g/mol. The Kier molecular flexibility index (Phi) is 6.46. The van der Waals surface area contributed by atoms with Crippen LogP contribution >= 0.6 is 0 Å². The topological polar surface area (TPSA) is 35.6 Å². The highest BCUT2D eigenvalue weighted by molar-refractivity contribution is 5.81. The number of hydrogen-bond acceptors (Lipinski definition) is 3. The average Bonchev–Trinajstić information content (AvgIpc) is 3.12. The molecule has 3 rings (SSSR count). The van der Waals surface area contributed by atoms with Gasteiger partial charge in [-0.3, -0.25) is 9.69 Å². The second-order valence-electron chi connectivity index (χ2n) is 7.49. The molecule has 1 amide bonds. The summed E-state index contributed by atoms with van der Waals surface area (Å²) in [6.45, 7) is 6.35. The highest BCUT2D eigenvalue weighted by Crippen LogP contribution is 2.25. The minimum atomic E-state index is -0.819. The first-order chi connectivity index (χ1) is 12.6. The quantitative estimate of drug-likeness (QED) is 0.841. The molecule has 0 bridgehead atoms.